The van der Waals surface area contributed by atoms with E-state index in [2.05, 4.69) is 0 Å². The first-order valence-electron chi connectivity index (χ1n) is 11.9. The molecule has 2 aliphatic carbocycles. The molecule has 174 valence electrons. The fraction of sp³-hybridized carbons (Fsp3) is 0.680. The van der Waals surface area contributed by atoms with Crippen molar-refractivity contribution in [2.24, 2.45) is 11.3 Å². The third-order valence-corrected chi connectivity index (χ3v) is 7.97. The topological polar surface area (TPSA) is 74.3 Å². The van der Waals surface area contributed by atoms with E-state index < -0.39 is 22.6 Å². The van der Waals surface area contributed by atoms with E-state index in [9.17, 15) is 9.59 Å². The first-order valence-corrected chi connectivity index (χ1v) is 11.9. The van der Waals surface area contributed by atoms with Crippen LogP contribution in [0.3, 0.4) is 0 Å². The molecule has 0 N–H and O–H groups in total. The number of likely N-dealkylation sites (tertiary alicyclic amines) is 1. The molecule has 1 amide bonds. The Balaban J connectivity index is 1.66. The van der Waals surface area contributed by atoms with Crippen molar-refractivity contribution in [2.75, 3.05) is 40.0 Å². The highest BCUT2D eigenvalue weighted by Gasteiger charge is 2.71. The number of hydrogen-bond donors (Lipinski definition) is 0. The molecule has 7 heteroatoms. The zero-order valence-electron chi connectivity index (χ0n) is 19.1. The van der Waals surface area contributed by atoms with Crippen molar-refractivity contribution in [3.63, 3.8) is 0 Å². The molecular formula is C25H33NO6. The van der Waals surface area contributed by atoms with E-state index in [4.69, 9.17) is 18.9 Å². The first kappa shape index (κ1) is 21.7. The van der Waals surface area contributed by atoms with Crippen LogP contribution in [0.15, 0.2) is 24.3 Å². The second-order valence-electron chi connectivity index (χ2n) is 9.67. The summed E-state index contributed by atoms with van der Waals surface area (Å²) in [6, 6.07) is 7.79. The molecule has 2 saturated heterocycles. The van der Waals surface area contributed by atoms with E-state index in [1.807, 2.05) is 29.2 Å². The predicted octanol–water partition coefficient (Wildman–Crippen LogP) is 3.05. The normalized spacial score (nSPS) is 31.4. The lowest BCUT2D eigenvalue weighted by atomic mass is 9.48. The van der Waals surface area contributed by atoms with Gasteiger partial charge >= 0.3 is 5.97 Å². The van der Waals surface area contributed by atoms with Gasteiger partial charge in [-0.2, -0.15) is 0 Å². The maximum atomic E-state index is 14.2. The van der Waals surface area contributed by atoms with Crippen LogP contribution >= 0.6 is 0 Å². The maximum Gasteiger partial charge on any atom is 0.322 e. The van der Waals surface area contributed by atoms with Gasteiger partial charge in [0.25, 0.3) is 0 Å². The number of rotatable bonds is 6. The summed E-state index contributed by atoms with van der Waals surface area (Å²) in [6.07, 6.45) is 4.27. The van der Waals surface area contributed by atoms with Gasteiger partial charge in [0.05, 0.1) is 26.9 Å². The van der Waals surface area contributed by atoms with Crippen molar-refractivity contribution >= 4 is 11.9 Å². The fourth-order valence-corrected chi connectivity index (χ4v) is 6.21. The van der Waals surface area contributed by atoms with E-state index in [-0.39, 0.29) is 12.5 Å². The Labute approximate surface area is 189 Å². The molecule has 7 nitrogen and oxygen atoms in total. The zero-order valence-corrected chi connectivity index (χ0v) is 19.1. The molecule has 0 bridgehead atoms. The second kappa shape index (κ2) is 8.03. The van der Waals surface area contributed by atoms with Crippen molar-refractivity contribution in [2.45, 2.75) is 56.7 Å². The van der Waals surface area contributed by atoms with Gasteiger partial charge in [-0.15, -0.1) is 0 Å². The van der Waals surface area contributed by atoms with E-state index >= 15 is 0 Å². The molecule has 1 spiro atoms. The molecule has 0 unspecified atom stereocenters. The number of hydrogen-bond acceptors (Lipinski definition) is 6. The summed E-state index contributed by atoms with van der Waals surface area (Å²) in [7, 11) is 1.63. The SMILES string of the molecule is CCOC(=O)[C@]12CCC3(C[C@@]1(c1cccc(OC)c1)CCN(CC1CC1)C2=O)OCCO3. The van der Waals surface area contributed by atoms with Crippen LogP contribution in [0.5, 0.6) is 5.75 Å². The van der Waals surface area contributed by atoms with E-state index in [0.717, 1.165) is 24.9 Å². The minimum atomic E-state index is -1.29. The molecule has 2 atom stereocenters. The lowest BCUT2D eigenvalue weighted by Crippen LogP contribution is -2.69. The second-order valence-corrected chi connectivity index (χ2v) is 9.67. The average molecular weight is 444 g/mol. The fourth-order valence-electron chi connectivity index (χ4n) is 6.21. The van der Waals surface area contributed by atoms with Crippen molar-refractivity contribution in [3.05, 3.63) is 29.8 Å². The summed E-state index contributed by atoms with van der Waals surface area (Å²) in [5.41, 5.74) is -1.15. The van der Waals surface area contributed by atoms with Crippen LogP contribution in [0.1, 0.15) is 51.0 Å². The van der Waals surface area contributed by atoms with E-state index in [1.54, 1.807) is 14.0 Å². The van der Waals surface area contributed by atoms with Crippen LogP contribution in [0.25, 0.3) is 0 Å². The Morgan fingerprint density at radius 1 is 1.19 bits per heavy atom. The monoisotopic (exact) mass is 443 g/mol. The Hall–Kier alpha value is -2.12. The van der Waals surface area contributed by atoms with Crippen LogP contribution in [0.4, 0.5) is 0 Å². The largest absolute Gasteiger partial charge is 0.497 e. The van der Waals surface area contributed by atoms with Crippen LogP contribution < -0.4 is 4.74 Å². The van der Waals surface area contributed by atoms with Crippen LogP contribution in [0.2, 0.25) is 0 Å². The van der Waals surface area contributed by atoms with Crippen molar-refractivity contribution in [1.82, 2.24) is 4.90 Å². The van der Waals surface area contributed by atoms with Gasteiger partial charge in [0.1, 0.15) is 5.75 Å². The molecule has 1 aromatic rings. The summed E-state index contributed by atoms with van der Waals surface area (Å²) < 4.78 is 23.4. The number of fused-ring (bicyclic) bond motifs is 1. The van der Waals surface area contributed by atoms with Gasteiger partial charge < -0.3 is 23.8 Å². The van der Waals surface area contributed by atoms with Gasteiger partial charge in [0.2, 0.25) is 5.91 Å². The molecule has 1 aromatic carbocycles. The number of carbonyl (C=O) groups excluding carboxylic acids is 2. The van der Waals surface area contributed by atoms with Crippen LogP contribution in [0, 0.1) is 11.3 Å². The van der Waals surface area contributed by atoms with Gasteiger partial charge in [0.15, 0.2) is 11.2 Å². The third kappa shape index (κ3) is 3.24. The number of benzene rings is 1. The van der Waals surface area contributed by atoms with Crippen LogP contribution in [-0.2, 0) is 29.2 Å². The molecule has 0 aromatic heterocycles. The van der Waals surface area contributed by atoms with Gasteiger partial charge in [-0.1, -0.05) is 12.1 Å². The zero-order chi connectivity index (χ0) is 22.4. The van der Waals surface area contributed by atoms with E-state index in [0.29, 0.717) is 57.1 Å². The smallest absolute Gasteiger partial charge is 0.322 e. The summed E-state index contributed by atoms with van der Waals surface area (Å²) in [5.74, 6) is -0.0156. The molecule has 32 heavy (non-hydrogen) atoms. The van der Waals surface area contributed by atoms with Crippen molar-refractivity contribution in [3.8, 4) is 5.75 Å². The summed E-state index contributed by atoms with van der Waals surface area (Å²) in [6.45, 7) is 4.44. The quantitative estimate of drug-likeness (QED) is 0.497. The number of esters is 1. The third-order valence-electron chi connectivity index (χ3n) is 7.97. The highest BCUT2D eigenvalue weighted by molar-refractivity contribution is 6.05. The maximum absolute atomic E-state index is 14.2. The summed E-state index contributed by atoms with van der Waals surface area (Å²) >= 11 is 0. The molecule has 0 radical (unpaired) electrons. The lowest BCUT2D eigenvalue weighted by molar-refractivity contribution is -0.229. The Bertz CT molecular complexity index is 892. The first-order chi connectivity index (χ1) is 15.5. The van der Waals surface area contributed by atoms with Gasteiger partial charge in [-0.25, -0.2) is 0 Å². The van der Waals surface area contributed by atoms with E-state index in [1.165, 1.54) is 0 Å². The van der Waals surface area contributed by atoms with Crippen LogP contribution in [-0.4, -0.2) is 62.6 Å². The molecule has 2 saturated carbocycles. The van der Waals surface area contributed by atoms with Crippen molar-refractivity contribution < 1.29 is 28.5 Å². The predicted molar refractivity (Wildman–Crippen MR) is 116 cm³/mol. The standard InChI is InChI=1S/C25H33NO6/c1-3-30-22(28)25-10-9-24(31-13-14-32-24)17-23(25,19-5-4-6-20(15-19)29-2)11-12-26(21(25)27)16-18-7-8-18/h4-6,15,18H,3,7-14,16-17H2,1-2H3/t23-,25-/m1/s1. The minimum Gasteiger partial charge on any atom is -0.497 e. The van der Waals surface area contributed by atoms with Gasteiger partial charge in [-0.05, 0) is 56.2 Å². The number of nitrogens with zero attached hydrogens (tertiary/aromatic N) is 1. The Morgan fingerprint density at radius 2 is 1.97 bits per heavy atom. The molecule has 5 rings (SSSR count). The number of methoxy groups -OCH3 is 1. The highest BCUT2D eigenvalue weighted by atomic mass is 16.7. The molecule has 4 fully saturated rings. The molecule has 2 aliphatic heterocycles. The highest BCUT2D eigenvalue weighted by Crippen LogP contribution is 2.62. The molecule has 2 heterocycles. The van der Waals surface area contributed by atoms with Gasteiger partial charge in [-0.3, -0.25) is 9.59 Å². The number of carbonyl (C=O) groups is 2. The van der Waals surface area contributed by atoms with Gasteiger partial charge in [0, 0.05) is 31.3 Å². The number of piperidine rings is 1. The summed E-state index contributed by atoms with van der Waals surface area (Å²) in [5, 5.41) is 0. The number of amides is 1. The Kier molecular flexibility index (Phi) is 5.45. The summed E-state index contributed by atoms with van der Waals surface area (Å²) in [4.78, 5) is 29.9. The Morgan fingerprint density at radius 3 is 2.66 bits per heavy atom. The lowest BCUT2D eigenvalue weighted by Gasteiger charge is -2.59. The number of ether oxygens (including phenoxy) is 4. The minimum absolute atomic E-state index is 0.0928. The molecule has 4 aliphatic rings. The van der Waals surface area contributed by atoms with Crippen molar-refractivity contribution in [1.29, 1.82) is 0 Å². The molecular weight excluding hydrogens is 410 g/mol. The average Bonchev–Trinajstić information content (AvgIpc) is 3.53.